The van der Waals surface area contributed by atoms with Crippen molar-refractivity contribution in [3.8, 4) is 11.1 Å². The van der Waals surface area contributed by atoms with Gasteiger partial charge >= 0.3 is 18.0 Å². The third-order valence-corrected chi connectivity index (χ3v) is 24.0. The van der Waals surface area contributed by atoms with Gasteiger partial charge in [-0.2, -0.15) is 13.5 Å². The van der Waals surface area contributed by atoms with E-state index in [2.05, 4.69) is 40.1 Å². The number of aryl methyl sites for hydroxylation is 1. The van der Waals surface area contributed by atoms with Crippen LogP contribution in [0.5, 0.6) is 0 Å². The molecule has 2 saturated heterocycles. The Morgan fingerprint density at radius 2 is 1.65 bits per heavy atom. The number of rotatable bonds is 30. The molecule has 6 fully saturated rings. The Hall–Kier alpha value is -9.02. The fourth-order valence-corrected chi connectivity index (χ4v) is 18.6. The average molecular weight is 1520 g/mol. The third-order valence-electron chi connectivity index (χ3n) is 22.3. The van der Waals surface area contributed by atoms with Crippen LogP contribution in [0.1, 0.15) is 141 Å². The summed E-state index contributed by atoms with van der Waals surface area (Å²) in [6.07, 6.45) is 1.19. The van der Waals surface area contributed by atoms with Crippen molar-refractivity contribution in [1.29, 1.82) is 0 Å². The lowest BCUT2D eigenvalue weighted by Crippen LogP contribution is -2.55. The predicted molar refractivity (Wildman–Crippen MR) is 392 cm³/mol. The molecular weight excluding hydrogens is 1420 g/mol. The number of likely N-dealkylation sites (tertiary alicyclic amines) is 1. The molecule has 6 aromatic rings. The Labute approximate surface area is 623 Å². The number of likely N-dealkylation sites (N-methyl/N-ethyl adjacent to an activating group) is 1. The molecule has 30 nitrogen and oxygen atoms in total. The fourth-order valence-electron chi connectivity index (χ4n) is 17.4. The zero-order valence-corrected chi connectivity index (χ0v) is 62.5. The van der Waals surface area contributed by atoms with Crippen molar-refractivity contribution in [2.75, 3.05) is 67.8 Å². The standard InChI is InChI=1S/C75H93N11O19S2/c1-42(2)61(81-59(88)33-85-49(18-22-60(85)89)35-102-27-28-107(99,100)101)67(93)77-43(3)65(91)78-48-17-15-47(46(29-48)16-19-50-30-56(87)63(90)64(105-50)69(96)97)34-103-71(98)83(7)25-26-104-75-38-72(5)36-73(6,39-75)74(37-72,40-75)41-86-44(4)53(31-76-86)51-20-21-58(80-62(51)68(94)95)84-24-23-45-11-10-12-52(54(45)32-84)66(92)82-70-79-55-13-8-9-14-57(55)106-70/h8-15,17,20-21,29,31,42-43,49-50,56,61,63-64,87,90H,16,18-19,22-28,30,32-41H2,1-7H3,(H,77,93)(H,78,91)(H,81,88)(H,94,95)(H,96,97)(H,79,82,92)(H,99,100,101)/t43-,49-,50-,56+,61-,63-,64-,72?,73?,74?,75?/m0/s1. The van der Waals surface area contributed by atoms with Gasteiger partial charge in [0.05, 0.1) is 72.4 Å². The van der Waals surface area contributed by atoms with Gasteiger partial charge in [0.15, 0.2) is 16.9 Å². The highest BCUT2D eigenvalue weighted by atomic mass is 32.2. The number of nitrogens with zero attached hydrogens (tertiary/aromatic N) is 7. The van der Waals surface area contributed by atoms with E-state index in [1.165, 1.54) is 28.1 Å². The summed E-state index contributed by atoms with van der Waals surface area (Å²) in [5.74, 6) is -5.88. The van der Waals surface area contributed by atoms with Crippen molar-refractivity contribution >= 4 is 95.9 Å². The van der Waals surface area contributed by atoms with Crippen LogP contribution in [-0.4, -0.2) is 211 Å². The van der Waals surface area contributed by atoms with Crippen LogP contribution < -0.4 is 26.2 Å². The van der Waals surface area contributed by atoms with Crippen LogP contribution in [0.3, 0.4) is 0 Å². The summed E-state index contributed by atoms with van der Waals surface area (Å²) < 4.78 is 58.2. The second-order valence-electron chi connectivity index (χ2n) is 30.7. The van der Waals surface area contributed by atoms with Crippen LogP contribution in [-0.2, 0) is 85.6 Å². The summed E-state index contributed by atoms with van der Waals surface area (Å²) >= 11 is 1.40. The summed E-state index contributed by atoms with van der Waals surface area (Å²) in [6.45, 7) is 12.3. The lowest BCUT2D eigenvalue weighted by molar-refractivity contribution is -0.193. The van der Waals surface area contributed by atoms with Gasteiger partial charge < -0.3 is 70.0 Å². The maximum absolute atomic E-state index is 13.9. The Morgan fingerprint density at radius 1 is 0.869 bits per heavy atom. The normalized spacial score (nSPS) is 25.0. The van der Waals surface area contributed by atoms with E-state index in [4.69, 9.17) is 33.6 Å². The first-order valence-corrected chi connectivity index (χ1v) is 38.5. The largest absolute Gasteiger partial charge is 0.479 e. The quantitative estimate of drug-likeness (QED) is 0.0166. The molecule has 11 atom stereocenters. The maximum Gasteiger partial charge on any atom is 0.409 e. The Bertz CT molecular complexity index is 4520. The molecule has 4 saturated carbocycles. The Balaban J connectivity index is 0.661. The van der Waals surface area contributed by atoms with Gasteiger partial charge in [0.2, 0.25) is 23.6 Å². The minimum Gasteiger partial charge on any atom is -0.479 e. The van der Waals surface area contributed by atoms with Crippen LogP contribution >= 0.6 is 11.3 Å². The molecule has 4 unspecified atom stereocenters. The second kappa shape index (κ2) is 31.3. The van der Waals surface area contributed by atoms with Crippen molar-refractivity contribution in [1.82, 2.24) is 40.2 Å². The molecule has 0 radical (unpaired) electrons. The average Bonchev–Trinajstić information content (AvgIpc) is 1.50. The van der Waals surface area contributed by atoms with Crippen molar-refractivity contribution in [3.05, 3.63) is 118 Å². The van der Waals surface area contributed by atoms with E-state index in [-0.39, 0.29) is 98.1 Å². The van der Waals surface area contributed by atoms with E-state index in [9.17, 15) is 67.2 Å². The van der Waals surface area contributed by atoms with Crippen LogP contribution in [0.2, 0.25) is 0 Å². The summed E-state index contributed by atoms with van der Waals surface area (Å²) in [4.78, 5) is 121. The van der Waals surface area contributed by atoms with E-state index in [1.54, 1.807) is 57.4 Å². The highest BCUT2D eigenvalue weighted by Crippen LogP contribution is 2.78. The number of fused-ring (bicyclic) bond motifs is 2. The first-order valence-electron chi connectivity index (χ1n) is 36.1. The van der Waals surface area contributed by atoms with Crippen molar-refractivity contribution in [2.24, 2.45) is 22.2 Å². The van der Waals surface area contributed by atoms with Gasteiger partial charge in [0.1, 0.15) is 30.6 Å². The lowest BCUT2D eigenvalue weighted by Gasteiger charge is -2.46. The number of para-hydroxylation sites is 1. The number of aliphatic hydroxyl groups excluding tert-OH is 2. The van der Waals surface area contributed by atoms with Crippen LogP contribution in [0, 0.1) is 29.1 Å². The molecule has 3 aromatic heterocycles. The van der Waals surface area contributed by atoms with E-state index in [1.807, 2.05) is 59.0 Å². The number of pyridine rings is 1. The number of carbonyl (C=O) groups excluding carboxylic acids is 6. The fraction of sp³-hybridized carbons (Fsp3) is 0.533. The number of aliphatic hydroxyl groups is 2. The van der Waals surface area contributed by atoms with E-state index >= 15 is 0 Å². The van der Waals surface area contributed by atoms with Crippen molar-refractivity contribution in [3.63, 3.8) is 0 Å². The SMILES string of the molecule is Cc1c(-c2ccc(N3CCc4cccc(C(=O)Nc5nc6ccccc6s5)c4C3)nc2C(=O)O)cnn1CC12CC3(C)CC(OCCN(C)C(=O)OCc4ccc(NC(=O)[C@H](C)NC(=O)[C@@H](NC(=O)CN5C(=O)CC[C@H]5COCCS(=O)(=O)O)C(C)C)cc4CC[C@H]4C[C@@H](O)[C@H](O)[C@@H](C(=O)O)O4)(CC1(C)C3)C2. The van der Waals surface area contributed by atoms with Crippen molar-refractivity contribution < 1.29 is 90.7 Å². The molecule has 32 heteroatoms. The lowest BCUT2D eigenvalue weighted by atomic mass is 9.65. The van der Waals surface area contributed by atoms with E-state index in [0.717, 1.165) is 59.1 Å². The number of nitrogens with one attached hydrogen (secondary N) is 4. The van der Waals surface area contributed by atoms with Gasteiger partial charge in [-0.3, -0.25) is 38.5 Å². The number of amides is 6. The van der Waals surface area contributed by atoms with Crippen LogP contribution in [0.15, 0.2) is 79.0 Å². The minimum absolute atomic E-state index is 0.0407. The van der Waals surface area contributed by atoms with Gasteiger partial charge in [-0.1, -0.05) is 69.4 Å². The van der Waals surface area contributed by atoms with Crippen molar-refractivity contribution in [2.45, 2.75) is 180 Å². The molecule has 574 valence electrons. The summed E-state index contributed by atoms with van der Waals surface area (Å²) in [6, 6.07) is 19.0. The number of hydrogen-bond acceptors (Lipinski definition) is 21. The first-order chi connectivity index (χ1) is 50.7. The highest BCUT2D eigenvalue weighted by molar-refractivity contribution is 7.85. The number of carboxylic acids is 2. The molecule has 9 N–H and O–H groups in total. The monoisotopic (exact) mass is 1520 g/mol. The summed E-state index contributed by atoms with van der Waals surface area (Å²) in [5.41, 5.74) is 5.46. The van der Waals surface area contributed by atoms with Gasteiger partial charge in [-0.15, -0.1) is 0 Å². The second-order valence-corrected chi connectivity index (χ2v) is 33.3. The number of aromatic nitrogens is 4. The predicted octanol–water partition coefficient (Wildman–Crippen LogP) is 6.77. The Kier molecular flexibility index (Phi) is 22.7. The molecule has 7 aliphatic rings. The number of benzene rings is 3. The summed E-state index contributed by atoms with van der Waals surface area (Å²) in [5, 5.41) is 58.0. The number of thiazole rings is 1. The first kappa shape index (κ1) is 77.6. The molecule has 4 bridgehead atoms. The topological polar surface area (TPSA) is 410 Å². The van der Waals surface area contributed by atoms with Gasteiger partial charge in [-0.05, 0) is 159 Å². The molecule has 4 aliphatic carbocycles. The number of carboxylic acid groups (broad SMARTS) is 2. The minimum atomic E-state index is -4.27. The number of hydrogen-bond donors (Lipinski definition) is 9. The van der Waals surface area contributed by atoms with E-state index in [0.29, 0.717) is 71.2 Å². The number of anilines is 3. The molecule has 6 amide bonds. The smallest absolute Gasteiger partial charge is 0.409 e. The number of carbonyl (C=O) groups is 8. The molecular formula is C75H93N11O19S2. The number of aliphatic carboxylic acids is 1. The molecule has 3 aliphatic heterocycles. The zero-order chi connectivity index (χ0) is 76.7. The molecule has 0 spiro atoms. The summed E-state index contributed by atoms with van der Waals surface area (Å²) in [7, 11) is -2.66. The van der Waals surface area contributed by atoms with Crippen LogP contribution in [0.25, 0.3) is 21.3 Å². The van der Waals surface area contributed by atoms with Gasteiger partial charge in [0, 0.05) is 74.1 Å². The highest BCUT2D eigenvalue weighted by Gasteiger charge is 2.74. The molecule has 6 heterocycles. The Morgan fingerprint density at radius 3 is 2.40 bits per heavy atom. The van der Waals surface area contributed by atoms with E-state index < -0.39 is 112 Å². The number of ether oxygens (including phenoxy) is 4. The van der Waals surface area contributed by atoms with Gasteiger partial charge in [-0.25, -0.2) is 24.4 Å². The molecule has 3 aromatic carbocycles. The van der Waals surface area contributed by atoms with Gasteiger partial charge in [0.25, 0.3) is 16.0 Å². The molecule has 107 heavy (non-hydrogen) atoms. The zero-order valence-electron chi connectivity index (χ0n) is 60.9. The maximum atomic E-state index is 13.9. The molecule has 13 rings (SSSR count). The van der Waals surface area contributed by atoms with Crippen LogP contribution in [0.4, 0.5) is 21.4 Å². The third kappa shape index (κ3) is 17.1. The number of aromatic carboxylic acids is 1.